The molecular formula is C19H37IN6. The van der Waals surface area contributed by atoms with Crippen molar-refractivity contribution in [1.82, 2.24) is 25.3 Å². The summed E-state index contributed by atoms with van der Waals surface area (Å²) in [6.07, 6.45) is 13.8. The molecule has 26 heavy (non-hydrogen) atoms. The van der Waals surface area contributed by atoms with Crippen LogP contribution in [0.4, 0.5) is 0 Å². The van der Waals surface area contributed by atoms with Gasteiger partial charge in [0.15, 0.2) is 5.96 Å². The van der Waals surface area contributed by atoms with Gasteiger partial charge in [-0.05, 0) is 26.4 Å². The van der Waals surface area contributed by atoms with E-state index in [1.807, 2.05) is 25.0 Å². The molecule has 0 aliphatic heterocycles. The Morgan fingerprint density at radius 1 is 1.31 bits per heavy atom. The highest BCUT2D eigenvalue weighted by molar-refractivity contribution is 14.0. The van der Waals surface area contributed by atoms with E-state index < -0.39 is 0 Å². The van der Waals surface area contributed by atoms with Crippen molar-refractivity contribution in [2.75, 3.05) is 34.2 Å². The Labute approximate surface area is 176 Å². The van der Waals surface area contributed by atoms with Crippen LogP contribution in [0.15, 0.2) is 17.4 Å². The average molecular weight is 476 g/mol. The van der Waals surface area contributed by atoms with Gasteiger partial charge in [-0.1, -0.05) is 38.5 Å². The van der Waals surface area contributed by atoms with Gasteiger partial charge in [0, 0.05) is 38.9 Å². The molecule has 2 rings (SSSR count). The van der Waals surface area contributed by atoms with Crippen LogP contribution in [0.2, 0.25) is 0 Å². The van der Waals surface area contributed by atoms with E-state index in [4.69, 9.17) is 0 Å². The Morgan fingerprint density at radius 2 is 2.04 bits per heavy atom. The van der Waals surface area contributed by atoms with Crippen molar-refractivity contribution < 1.29 is 0 Å². The average Bonchev–Trinajstić information content (AvgIpc) is 3.24. The van der Waals surface area contributed by atoms with Crippen LogP contribution >= 0.6 is 24.0 Å². The monoisotopic (exact) mass is 476 g/mol. The Bertz CT molecular complexity index is 522. The maximum Gasteiger partial charge on any atom is 0.191 e. The largest absolute Gasteiger partial charge is 0.356 e. The van der Waals surface area contributed by atoms with E-state index in [9.17, 15) is 0 Å². The number of likely N-dealkylation sites (N-methyl/N-ethyl adjacent to an activating group) is 1. The lowest BCUT2D eigenvalue weighted by atomic mass is 10.0. The molecule has 0 spiro atoms. The van der Waals surface area contributed by atoms with Crippen molar-refractivity contribution in [3.63, 3.8) is 0 Å². The fourth-order valence-corrected chi connectivity index (χ4v) is 3.69. The third-order valence-electron chi connectivity index (χ3n) is 5.23. The number of unbranched alkanes of at least 4 members (excludes halogenated alkanes) is 1. The minimum absolute atomic E-state index is 0. The summed E-state index contributed by atoms with van der Waals surface area (Å²) in [5, 5.41) is 11.2. The molecule has 0 amide bonds. The molecule has 0 aromatic carbocycles. The van der Waals surface area contributed by atoms with Crippen LogP contribution in [0.5, 0.6) is 0 Å². The summed E-state index contributed by atoms with van der Waals surface area (Å²) in [4.78, 5) is 6.56. The van der Waals surface area contributed by atoms with Crippen LogP contribution in [-0.4, -0.2) is 54.9 Å². The molecule has 1 aromatic rings. The molecule has 7 heteroatoms. The first kappa shape index (κ1) is 23.2. The number of guanidine groups is 1. The van der Waals surface area contributed by atoms with Crippen LogP contribution in [0.3, 0.4) is 0 Å². The third kappa shape index (κ3) is 7.82. The van der Waals surface area contributed by atoms with Gasteiger partial charge >= 0.3 is 0 Å². The first-order valence-electron chi connectivity index (χ1n) is 9.69. The van der Waals surface area contributed by atoms with Crippen molar-refractivity contribution in [2.45, 2.75) is 51.0 Å². The van der Waals surface area contributed by atoms with Gasteiger partial charge in [0.05, 0.1) is 12.2 Å². The van der Waals surface area contributed by atoms with Crippen LogP contribution < -0.4 is 10.6 Å². The number of halogens is 1. The Kier molecular flexibility index (Phi) is 11.2. The molecule has 1 heterocycles. The molecule has 0 saturated heterocycles. The number of rotatable bonds is 9. The van der Waals surface area contributed by atoms with E-state index in [1.54, 1.807) is 0 Å². The van der Waals surface area contributed by atoms with E-state index >= 15 is 0 Å². The number of nitrogens with zero attached hydrogens (tertiary/aromatic N) is 4. The molecule has 1 aromatic heterocycles. The third-order valence-corrected chi connectivity index (χ3v) is 5.23. The molecule has 1 aliphatic carbocycles. The van der Waals surface area contributed by atoms with E-state index in [2.05, 4.69) is 45.9 Å². The summed E-state index contributed by atoms with van der Waals surface area (Å²) < 4.78 is 1.85. The molecule has 1 aliphatic rings. The smallest absolute Gasteiger partial charge is 0.191 e. The van der Waals surface area contributed by atoms with Crippen LogP contribution in [0, 0.1) is 5.92 Å². The summed E-state index contributed by atoms with van der Waals surface area (Å²) in [5.41, 5.74) is 1.21. The number of aromatic nitrogens is 2. The van der Waals surface area contributed by atoms with Gasteiger partial charge in [-0.3, -0.25) is 9.67 Å². The molecule has 1 fully saturated rings. The van der Waals surface area contributed by atoms with E-state index in [0.717, 1.165) is 25.0 Å². The fraction of sp³-hybridized carbons (Fsp3) is 0.789. The molecule has 150 valence electrons. The van der Waals surface area contributed by atoms with E-state index in [-0.39, 0.29) is 30.0 Å². The number of aryl methyl sites for hydroxylation is 1. The quantitative estimate of drug-likeness (QED) is 0.249. The highest BCUT2D eigenvalue weighted by Crippen LogP contribution is 2.28. The van der Waals surface area contributed by atoms with Crippen molar-refractivity contribution in [3.05, 3.63) is 18.0 Å². The van der Waals surface area contributed by atoms with Gasteiger partial charge in [-0.25, -0.2) is 0 Å². The predicted molar refractivity (Wildman–Crippen MR) is 120 cm³/mol. The molecule has 1 atom stereocenters. The summed E-state index contributed by atoms with van der Waals surface area (Å²) in [6, 6.07) is 0.273. The topological polar surface area (TPSA) is 57.5 Å². The minimum atomic E-state index is 0. The maximum absolute atomic E-state index is 4.35. The zero-order chi connectivity index (χ0) is 18.1. The molecule has 2 N–H and O–H groups in total. The molecular weight excluding hydrogens is 439 g/mol. The second kappa shape index (κ2) is 12.5. The van der Waals surface area contributed by atoms with Crippen molar-refractivity contribution in [3.8, 4) is 0 Å². The second-order valence-corrected chi connectivity index (χ2v) is 7.45. The summed E-state index contributed by atoms with van der Waals surface area (Å²) in [7, 11) is 7.98. The van der Waals surface area contributed by atoms with Crippen LogP contribution in [-0.2, 0) is 7.05 Å². The summed E-state index contributed by atoms with van der Waals surface area (Å²) in [5.74, 6) is 1.88. The molecule has 1 saturated carbocycles. The van der Waals surface area contributed by atoms with Crippen LogP contribution in [0.1, 0.15) is 56.6 Å². The van der Waals surface area contributed by atoms with E-state index in [0.29, 0.717) is 0 Å². The fourth-order valence-electron chi connectivity index (χ4n) is 3.69. The molecule has 1 unspecified atom stereocenters. The normalized spacial score (nSPS) is 16.6. The second-order valence-electron chi connectivity index (χ2n) is 7.45. The predicted octanol–water partition coefficient (Wildman–Crippen LogP) is 3.17. The highest BCUT2D eigenvalue weighted by Gasteiger charge is 2.16. The molecule has 6 nitrogen and oxygen atoms in total. The van der Waals surface area contributed by atoms with Gasteiger partial charge in [-0.2, -0.15) is 5.10 Å². The summed E-state index contributed by atoms with van der Waals surface area (Å²) >= 11 is 0. The van der Waals surface area contributed by atoms with Gasteiger partial charge in [0.2, 0.25) is 0 Å². The zero-order valence-electron chi connectivity index (χ0n) is 16.9. The van der Waals surface area contributed by atoms with Crippen molar-refractivity contribution in [2.24, 2.45) is 18.0 Å². The Hall–Kier alpha value is -0.830. The number of hydrogen-bond donors (Lipinski definition) is 2. The molecule has 0 bridgehead atoms. The van der Waals surface area contributed by atoms with Gasteiger partial charge < -0.3 is 15.5 Å². The lowest BCUT2D eigenvalue weighted by Crippen LogP contribution is -2.42. The minimum Gasteiger partial charge on any atom is -0.356 e. The van der Waals surface area contributed by atoms with Crippen LogP contribution in [0.25, 0.3) is 0 Å². The number of hydrogen-bond acceptors (Lipinski definition) is 3. The van der Waals surface area contributed by atoms with Gasteiger partial charge in [0.25, 0.3) is 0 Å². The highest BCUT2D eigenvalue weighted by atomic mass is 127. The van der Waals surface area contributed by atoms with E-state index in [1.165, 1.54) is 50.5 Å². The number of aliphatic imine (C=N–C) groups is 1. The van der Waals surface area contributed by atoms with Gasteiger partial charge in [0.1, 0.15) is 0 Å². The first-order valence-corrected chi connectivity index (χ1v) is 9.69. The lowest BCUT2D eigenvalue weighted by Gasteiger charge is -2.24. The SMILES string of the molecule is CN=C(NCCCCC1CCCC1)NCC(c1cnn(C)c1)N(C)C.I. The maximum atomic E-state index is 4.35. The molecule has 0 radical (unpaired) electrons. The lowest BCUT2D eigenvalue weighted by molar-refractivity contribution is 0.298. The Balaban J connectivity index is 0.00000338. The van der Waals surface area contributed by atoms with Crippen molar-refractivity contribution in [1.29, 1.82) is 0 Å². The first-order chi connectivity index (χ1) is 12.1. The standard InChI is InChI=1S/C19H36N6.HI/c1-20-19(21-12-8-7-11-16-9-5-6-10-16)22-14-18(24(2)3)17-13-23-25(4)15-17;/h13,15-16,18H,5-12,14H2,1-4H3,(H2,20,21,22);1H. The van der Waals surface area contributed by atoms with Crippen molar-refractivity contribution >= 4 is 29.9 Å². The number of nitrogens with one attached hydrogen (secondary N) is 2. The zero-order valence-corrected chi connectivity index (χ0v) is 19.2. The summed E-state index contributed by atoms with van der Waals surface area (Å²) in [6.45, 7) is 1.80. The van der Waals surface area contributed by atoms with Gasteiger partial charge in [-0.15, -0.1) is 24.0 Å². The Morgan fingerprint density at radius 3 is 2.62 bits per heavy atom.